The normalized spacial score (nSPS) is 11.2. The first-order valence-electron chi connectivity index (χ1n) is 14.3. The molecule has 0 aliphatic carbocycles. The molecule has 3 aromatic carbocycles. The largest absolute Gasteiger partial charge is 0.493 e. The van der Waals surface area contributed by atoms with Crippen molar-refractivity contribution in [2.24, 2.45) is 0 Å². The molecule has 0 saturated heterocycles. The van der Waals surface area contributed by atoms with E-state index in [1.807, 2.05) is 25.1 Å². The maximum atomic E-state index is 13.2. The van der Waals surface area contributed by atoms with Gasteiger partial charge in [-0.05, 0) is 85.0 Å². The van der Waals surface area contributed by atoms with E-state index in [2.05, 4.69) is 6.07 Å². The van der Waals surface area contributed by atoms with Gasteiger partial charge in [-0.25, -0.2) is 9.18 Å². The zero-order valence-corrected chi connectivity index (χ0v) is 23.8. The van der Waals surface area contributed by atoms with E-state index in [4.69, 9.17) is 20.9 Å². The fraction of sp³-hybridized carbons (Fsp3) is 0.353. The Morgan fingerprint density at radius 3 is 1.98 bits per heavy atom. The first kappa shape index (κ1) is 31.2. The summed E-state index contributed by atoms with van der Waals surface area (Å²) in [6, 6.07) is 18.8. The fourth-order valence-corrected chi connectivity index (χ4v) is 4.57. The summed E-state index contributed by atoms with van der Waals surface area (Å²) in [6.45, 7) is 3.08. The molecular weight excluding hydrogens is 517 g/mol. The molecule has 0 fully saturated rings. The van der Waals surface area contributed by atoms with Crippen LogP contribution in [-0.4, -0.2) is 19.2 Å². The van der Waals surface area contributed by atoms with Crippen molar-refractivity contribution in [3.05, 3.63) is 88.7 Å². The number of ether oxygens (including phenoxy) is 2. The quantitative estimate of drug-likeness (QED) is 0.0605. The van der Waals surface area contributed by atoms with Crippen LogP contribution < -0.4 is 16.2 Å². The molecule has 3 rings (SSSR count). The number of nitriles is 1. The van der Waals surface area contributed by atoms with Crippen LogP contribution in [0.2, 0.25) is 0 Å². The minimum Gasteiger partial charge on any atom is -0.493 e. The molecule has 0 amide bonds. The summed E-state index contributed by atoms with van der Waals surface area (Å²) in [5.74, 6) is 0.144. The van der Waals surface area contributed by atoms with Gasteiger partial charge in [0, 0.05) is 11.4 Å². The molecule has 4 N–H and O–H groups in total. The molecule has 0 aliphatic rings. The van der Waals surface area contributed by atoms with E-state index in [0.29, 0.717) is 41.3 Å². The smallest absolute Gasteiger partial charge is 0.338 e. The van der Waals surface area contributed by atoms with Crippen molar-refractivity contribution in [1.82, 2.24) is 0 Å². The van der Waals surface area contributed by atoms with Crippen LogP contribution in [0.4, 0.5) is 15.8 Å². The Morgan fingerprint density at radius 1 is 0.805 bits per heavy atom. The molecule has 3 aromatic rings. The highest BCUT2D eigenvalue weighted by molar-refractivity contribution is 5.92. The second kappa shape index (κ2) is 16.7. The first-order chi connectivity index (χ1) is 19.9. The maximum Gasteiger partial charge on any atom is 0.338 e. The lowest BCUT2D eigenvalue weighted by atomic mass is 10.0. The Labute approximate surface area is 242 Å². The van der Waals surface area contributed by atoms with Crippen LogP contribution in [0, 0.1) is 24.1 Å². The van der Waals surface area contributed by atoms with E-state index >= 15 is 0 Å². The Kier molecular flexibility index (Phi) is 12.7. The third kappa shape index (κ3) is 11.0. The molecule has 7 heteroatoms. The molecule has 0 bridgehead atoms. The Morgan fingerprint density at radius 2 is 1.39 bits per heavy atom. The SMILES string of the molecule is Cc1cc(/C=C(\C#N)c2ccc(F)cc2)ccc1OCCCCCCCCCCCOC(=O)c1cc(N)cc(N)c1. The van der Waals surface area contributed by atoms with Crippen LogP contribution in [0.3, 0.4) is 0 Å². The molecule has 0 radical (unpaired) electrons. The zero-order chi connectivity index (χ0) is 29.5. The average molecular weight is 558 g/mol. The van der Waals surface area contributed by atoms with Crippen LogP contribution in [0.15, 0.2) is 60.7 Å². The number of esters is 1. The molecule has 0 spiro atoms. The molecule has 0 aromatic heterocycles. The fourth-order valence-electron chi connectivity index (χ4n) is 4.57. The Balaban J connectivity index is 1.22. The third-order valence-corrected chi connectivity index (χ3v) is 6.78. The van der Waals surface area contributed by atoms with Crippen LogP contribution in [-0.2, 0) is 4.74 Å². The minimum atomic E-state index is -0.384. The molecule has 6 nitrogen and oxygen atoms in total. The van der Waals surface area contributed by atoms with E-state index in [0.717, 1.165) is 49.0 Å². The number of allylic oxidation sites excluding steroid dienone is 1. The van der Waals surface area contributed by atoms with Crippen molar-refractivity contribution in [3.8, 4) is 11.8 Å². The van der Waals surface area contributed by atoms with E-state index < -0.39 is 0 Å². The van der Waals surface area contributed by atoms with Gasteiger partial charge in [0.05, 0.1) is 30.4 Å². The van der Waals surface area contributed by atoms with Gasteiger partial charge in [0.2, 0.25) is 0 Å². The van der Waals surface area contributed by atoms with Gasteiger partial charge in [-0.1, -0.05) is 63.1 Å². The number of carbonyl (C=O) groups is 1. The highest BCUT2D eigenvalue weighted by Gasteiger charge is 2.09. The number of rotatable bonds is 16. The number of unbranched alkanes of at least 4 members (excludes halogenated alkanes) is 8. The van der Waals surface area contributed by atoms with E-state index in [1.165, 1.54) is 37.8 Å². The molecular formula is C34H40FN3O3. The van der Waals surface area contributed by atoms with Crippen molar-refractivity contribution in [1.29, 1.82) is 5.26 Å². The van der Waals surface area contributed by atoms with E-state index in [9.17, 15) is 14.4 Å². The number of benzene rings is 3. The van der Waals surface area contributed by atoms with Crippen LogP contribution in [0.25, 0.3) is 11.6 Å². The summed E-state index contributed by atoms with van der Waals surface area (Å²) in [4.78, 5) is 12.1. The van der Waals surface area contributed by atoms with Crippen LogP contribution in [0.5, 0.6) is 5.75 Å². The first-order valence-corrected chi connectivity index (χ1v) is 14.3. The van der Waals surface area contributed by atoms with E-state index in [1.54, 1.807) is 36.4 Å². The number of hydrogen-bond acceptors (Lipinski definition) is 6. The molecule has 0 saturated carbocycles. The number of halogens is 1. The predicted molar refractivity (Wildman–Crippen MR) is 164 cm³/mol. The Hall–Kier alpha value is -4.31. The second-order valence-corrected chi connectivity index (χ2v) is 10.3. The van der Waals surface area contributed by atoms with Gasteiger partial charge in [0.15, 0.2) is 0 Å². The van der Waals surface area contributed by atoms with Crippen molar-refractivity contribution >= 4 is 29.0 Å². The average Bonchev–Trinajstić information content (AvgIpc) is 2.95. The molecule has 216 valence electrons. The number of nitrogens with zero attached hydrogens (tertiary/aromatic N) is 1. The number of nitrogen functional groups attached to an aromatic ring is 2. The Bertz CT molecular complexity index is 1330. The molecule has 0 atom stereocenters. The van der Waals surface area contributed by atoms with Crippen LogP contribution in [0.1, 0.15) is 84.8 Å². The van der Waals surface area contributed by atoms with E-state index in [-0.39, 0.29) is 11.8 Å². The number of aryl methyl sites for hydroxylation is 1. The van der Waals surface area contributed by atoms with Crippen molar-refractivity contribution in [2.75, 3.05) is 24.7 Å². The molecule has 0 heterocycles. The monoisotopic (exact) mass is 557 g/mol. The summed E-state index contributed by atoms with van der Waals surface area (Å²) < 4.78 is 24.5. The van der Waals surface area contributed by atoms with Gasteiger partial charge in [-0.15, -0.1) is 0 Å². The predicted octanol–water partition coefficient (Wildman–Crippen LogP) is 8.11. The van der Waals surface area contributed by atoms with Gasteiger partial charge in [-0.3, -0.25) is 0 Å². The van der Waals surface area contributed by atoms with Crippen molar-refractivity contribution in [2.45, 2.75) is 64.7 Å². The molecule has 41 heavy (non-hydrogen) atoms. The summed E-state index contributed by atoms with van der Waals surface area (Å²) in [5, 5.41) is 9.52. The standard InChI is InChI=1S/C34H40FN3O3/c1-25-19-26(20-29(24-36)27-12-14-30(35)15-13-27)11-16-33(25)40-17-9-7-5-3-2-4-6-8-10-18-41-34(39)28-21-31(37)23-32(38)22-28/h11-16,19-23H,2-10,17-18,37-38H2,1H3/b29-20+. The lowest BCUT2D eigenvalue weighted by molar-refractivity contribution is 0.0497. The van der Waals surface area contributed by atoms with Gasteiger partial charge < -0.3 is 20.9 Å². The van der Waals surface area contributed by atoms with Gasteiger partial charge in [0.25, 0.3) is 0 Å². The maximum absolute atomic E-state index is 13.2. The zero-order valence-electron chi connectivity index (χ0n) is 23.8. The lowest BCUT2D eigenvalue weighted by Gasteiger charge is -2.10. The lowest BCUT2D eigenvalue weighted by Crippen LogP contribution is -2.07. The second-order valence-electron chi connectivity index (χ2n) is 10.3. The number of anilines is 2. The number of carbonyl (C=O) groups excluding carboxylic acids is 1. The highest BCUT2D eigenvalue weighted by atomic mass is 19.1. The summed E-state index contributed by atoms with van der Waals surface area (Å²) in [6.07, 6.45) is 11.8. The topological polar surface area (TPSA) is 111 Å². The van der Waals surface area contributed by atoms with Crippen molar-refractivity contribution in [3.63, 3.8) is 0 Å². The van der Waals surface area contributed by atoms with Gasteiger partial charge in [-0.2, -0.15) is 5.26 Å². The number of hydrogen-bond donors (Lipinski definition) is 2. The summed E-state index contributed by atoms with van der Waals surface area (Å²) in [7, 11) is 0. The van der Waals surface area contributed by atoms with Gasteiger partial charge >= 0.3 is 5.97 Å². The summed E-state index contributed by atoms with van der Waals surface area (Å²) >= 11 is 0. The molecule has 0 unspecified atom stereocenters. The minimum absolute atomic E-state index is 0.324. The highest BCUT2D eigenvalue weighted by Crippen LogP contribution is 2.24. The third-order valence-electron chi connectivity index (χ3n) is 6.78. The van der Waals surface area contributed by atoms with Crippen LogP contribution >= 0.6 is 0 Å². The summed E-state index contributed by atoms with van der Waals surface area (Å²) in [5.41, 5.74) is 15.8. The molecule has 0 aliphatic heterocycles. The van der Waals surface area contributed by atoms with Crippen molar-refractivity contribution < 1.29 is 18.7 Å². The van der Waals surface area contributed by atoms with Gasteiger partial charge in [0.1, 0.15) is 11.6 Å². The number of nitrogens with two attached hydrogens (primary N) is 2.